The lowest BCUT2D eigenvalue weighted by Gasteiger charge is -2.03. The summed E-state index contributed by atoms with van der Waals surface area (Å²) in [5.74, 6) is -0.207. The predicted molar refractivity (Wildman–Crippen MR) is 115 cm³/mol. The summed E-state index contributed by atoms with van der Waals surface area (Å²) in [5, 5.41) is 13.2. The number of benzene rings is 2. The molecule has 2 aromatic carbocycles. The molecule has 0 aliphatic rings. The number of hydrogen-bond donors (Lipinski definition) is 1. The van der Waals surface area contributed by atoms with E-state index in [4.69, 9.17) is 0 Å². The van der Waals surface area contributed by atoms with Crippen molar-refractivity contribution in [1.82, 2.24) is 15.2 Å². The lowest BCUT2D eigenvalue weighted by molar-refractivity contribution is 0.102. The minimum absolute atomic E-state index is 0.207. The average Bonchev–Trinajstić information content (AvgIpc) is 3.29. The first kappa shape index (κ1) is 18.5. The molecule has 140 valence electrons. The molecule has 4 rings (SSSR count). The minimum atomic E-state index is -0.207. The number of amides is 1. The second-order valence-electron chi connectivity index (χ2n) is 6.48. The van der Waals surface area contributed by atoms with Crippen molar-refractivity contribution in [3.05, 3.63) is 70.2 Å². The Balaban J connectivity index is 1.56. The smallest absolute Gasteiger partial charge is 0.269 e. The number of anilines is 1. The molecule has 0 aliphatic carbocycles. The van der Waals surface area contributed by atoms with Gasteiger partial charge in [-0.2, -0.15) is 0 Å². The van der Waals surface area contributed by atoms with Crippen molar-refractivity contribution in [1.29, 1.82) is 0 Å². The fourth-order valence-electron chi connectivity index (χ4n) is 2.90. The van der Waals surface area contributed by atoms with Gasteiger partial charge >= 0.3 is 0 Å². The maximum Gasteiger partial charge on any atom is 0.269 e. The molecule has 1 amide bonds. The van der Waals surface area contributed by atoms with E-state index in [2.05, 4.69) is 52.5 Å². The van der Waals surface area contributed by atoms with E-state index in [9.17, 15) is 4.79 Å². The van der Waals surface area contributed by atoms with Crippen LogP contribution in [0, 0.1) is 20.8 Å². The Hall–Kier alpha value is -2.90. The summed E-state index contributed by atoms with van der Waals surface area (Å²) in [5.41, 5.74) is 5.10. The zero-order valence-corrected chi connectivity index (χ0v) is 17.3. The van der Waals surface area contributed by atoms with Crippen LogP contribution in [-0.2, 0) is 0 Å². The topological polar surface area (TPSA) is 67.8 Å². The Kier molecular flexibility index (Phi) is 5.02. The van der Waals surface area contributed by atoms with Gasteiger partial charge in [-0.25, -0.2) is 4.98 Å². The maximum absolute atomic E-state index is 12.8. The van der Waals surface area contributed by atoms with Crippen molar-refractivity contribution >= 4 is 33.7 Å². The number of thiazole rings is 1. The molecule has 2 aromatic heterocycles. The molecule has 28 heavy (non-hydrogen) atoms. The van der Waals surface area contributed by atoms with Gasteiger partial charge in [0.2, 0.25) is 5.13 Å². The quantitative estimate of drug-likeness (QED) is 0.485. The molecule has 2 heterocycles. The van der Waals surface area contributed by atoms with Crippen molar-refractivity contribution in [3.63, 3.8) is 0 Å². The van der Waals surface area contributed by atoms with E-state index in [-0.39, 0.29) is 5.91 Å². The third kappa shape index (κ3) is 3.72. The van der Waals surface area contributed by atoms with Gasteiger partial charge in [0.15, 0.2) is 0 Å². The molecular formula is C21H18N4OS2. The van der Waals surface area contributed by atoms with Crippen molar-refractivity contribution in [2.24, 2.45) is 0 Å². The summed E-state index contributed by atoms with van der Waals surface area (Å²) in [7, 11) is 0. The molecule has 7 heteroatoms. The zero-order valence-electron chi connectivity index (χ0n) is 15.7. The summed E-state index contributed by atoms with van der Waals surface area (Å²) in [6.45, 7) is 5.98. The Morgan fingerprint density at radius 1 is 0.929 bits per heavy atom. The molecule has 0 saturated carbocycles. The Morgan fingerprint density at radius 2 is 1.71 bits per heavy atom. The first-order valence-corrected chi connectivity index (χ1v) is 10.4. The van der Waals surface area contributed by atoms with Crippen LogP contribution in [0.15, 0.2) is 48.5 Å². The van der Waals surface area contributed by atoms with Gasteiger partial charge in [-0.05, 0) is 26.3 Å². The standard InChI is InChI=1S/C21H18N4OS2/c1-12-9-10-16(13(2)11-12)20-22-14(3)17(27-20)18(26)23-21-25-24-19(28-21)15-7-5-4-6-8-15/h4-11H,1-3H3,(H,23,25,26). The first-order chi connectivity index (χ1) is 13.5. The van der Waals surface area contributed by atoms with E-state index < -0.39 is 0 Å². The average molecular weight is 407 g/mol. The van der Waals surface area contributed by atoms with Crippen LogP contribution in [0.2, 0.25) is 0 Å². The van der Waals surface area contributed by atoms with E-state index in [1.165, 1.54) is 28.2 Å². The van der Waals surface area contributed by atoms with E-state index in [0.29, 0.717) is 15.7 Å². The third-order valence-corrected chi connectivity index (χ3v) is 6.36. The molecule has 0 fully saturated rings. The summed E-state index contributed by atoms with van der Waals surface area (Å²) >= 11 is 2.75. The largest absolute Gasteiger partial charge is 0.296 e. The second-order valence-corrected chi connectivity index (χ2v) is 8.46. The number of hydrogen-bond acceptors (Lipinski definition) is 6. The fraction of sp³-hybridized carbons (Fsp3) is 0.143. The molecular weight excluding hydrogens is 388 g/mol. The summed E-state index contributed by atoms with van der Waals surface area (Å²) in [6, 6.07) is 16.0. The number of nitrogens with one attached hydrogen (secondary N) is 1. The summed E-state index contributed by atoms with van der Waals surface area (Å²) in [6.07, 6.45) is 0. The Morgan fingerprint density at radius 3 is 2.46 bits per heavy atom. The Bertz CT molecular complexity index is 1150. The minimum Gasteiger partial charge on any atom is -0.296 e. The van der Waals surface area contributed by atoms with Crippen LogP contribution >= 0.6 is 22.7 Å². The number of carbonyl (C=O) groups excluding carboxylic acids is 1. The normalized spacial score (nSPS) is 10.8. The van der Waals surface area contributed by atoms with Gasteiger partial charge in [-0.15, -0.1) is 21.5 Å². The van der Waals surface area contributed by atoms with Crippen molar-refractivity contribution < 1.29 is 4.79 Å². The molecule has 0 saturated heterocycles. The summed E-state index contributed by atoms with van der Waals surface area (Å²) in [4.78, 5) is 18.0. The van der Waals surface area contributed by atoms with Crippen LogP contribution in [0.1, 0.15) is 26.5 Å². The monoisotopic (exact) mass is 406 g/mol. The molecule has 4 aromatic rings. The van der Waals surface area contributed by atoms with Gasteiger partial charge < -0.3 is 0 Å². The molecule has 0 atom stereocenters. The summed E-state index contributed by atoms with van der Waals surface area (Å²) < 4.78 is 0. The van der Waals surface area contributed by atoms with Crippen molar-refractivity contribution in [2.75, 3.05) is 5.32 Å². The van der Waals surface area contributed by atoms with Gasteiger partial charge in [0, 0.05) is 11.1 Å². The second kappa shape index (κ2) is 7.61. The van der Waals surface area contributed by atoms with Crippen molar-refractivity contribution in [3.8, 4) is 21.1 Å². The van der Waals surface area contributed by atoms with Crippen molar-refractivity contribution in [2.45, 2.75) is 20.8 Å². The van der Waals surface area contributed by atoms with Gasteiger partial charge in [0.05, 0.1) is 5.69 Å². The molecule has 0 aliphatic heterocycles. The molecule has 0 radical (unpaired) electrons. The van der Waals surface area contributed by atoms with Crippen LogP contribution in [0.25, 0.3) is 21.1 Å². The van der Waals surface area contributed by atoms with E-state index in [1.807, 2.05) is 37.3 Å². The highest BCUT2D eigenvalue weighted by Crippen LogP contribution is 2.32. The number of nitrogens with zero attached hydrogens (tertiary/aromatic N) is 3. The predicted octanol–water partition coefficient (Wildman–Crippen LogP) is 5.51. The molecule has 0 unspecified atom stereocenters. The van der Waals surface area contributed by atoms with Gasteiger partial charge in [0.25, 0.3) is 5.91 Å². The van der Waals surface area contributed by atoms with E-state index in [0.717, 1.165) is 26.7 Å². The van der Waals surface area contributed by atoms with Gasteiger partial charge in [-0.1, -0.05) is 65.4 Å². The zero-order chi connectivity index (χ0) is 19.7. The highest BCUT2D eigenvalue weighted by molar-refractivity contribution is 7.19. The SMILES string of the molecule is Cc1ccc(-c2nc(C)c(C(=O)Nc3nnc(-c4ccccc4)s3)s2)c(C)c1. The number of aryl methyl sites for hydroxylation is 3. The van der Waals surface area contributed by atoms with Crippen LogP contribution < -0.4 is 5.32 Å². The van der Waals surface area contributed by atoms with Gasteiger partial charge in [-0.3, -0.25) is 10.1 Å². The van der Waals surface area contributed by atoms with E-state index in [1.54, 1.807) is 0 Å². The first-order valence-electron chi connectivity index (χ1n) is 8.76. The van der Waals surface area contributed by atoms with E-state index >= 15 is 0 Å². The fourth-order valence-corrected chi connectivity index (χ4v) is 4.70. The number of rotatable bonds is 4. The molecule has 1 N–H and O–H groups in total. The van der Waals surface area contributed by atoms with Crippen LogP contribution in [-0.4, -0.2) is 21.1 Å². The maximum atomic E-state index is 12.8. The highest BCUT2D eigenvalue weighted by Gasteiger charge is 2.19. The highest BCUT2D eigenvalue weighted by atomic mass is 32.1. The molecule has 0 spiro atoms. The van der Waals surface area contributed by atoms with Gasteiger partial charge in [0.1, 0.15) is 14.9 Å². The van der Waals surface area contributed by atoms with Crippen LogP contribution in [0.3, 0.4) is 0 Å². The van der Waals surface area contributed by atoms with Crippen LogP contribution in [0.5, 0.6) is 0 Å². The lowest BCUT2D eigenvalue weighted by Crippen LogP contribution is -2.11. The number of aromatic nitrogens is 3. The molecule has 0 bridgehead atoms. The Labute approximate surface area is 171 Å². The number of carbonyl (C=O) groups is 1. The lowest BCUT2D eigenvalue weighted by atomic mass is 10.1. The van der Waals surface area contributed by atoms with Crippen LogP contribution in [0.4, 0.5) is 5.13 Å². The third-order valence-electron chi connectivity index (χ3n) is 4.28. The molecule has 5 nitrogen and oxygen atoms in total.